The Morgan fingerprint density at radius 1 is 1.80 bits per heavy atom. The van der Waals surface area contributed by atoms with E-state index in [1.807, 2.05) is 0 Å². The Bertz CT molecular complexity index is 170. The molecule has 0 atom stereocenters. The minimum Gasteiger partial charge on any atom is -0.392 e. The smallest absolute Gasteiger partial charge is 0.118 e. The van der Waals surface area contributed by atoms with Gasteiger partial charge in [-0.25, -0.2) is 0 Å². The summed E-state index contributed by atoms with van der Waals surface area (Å²) in [6, 6.07) is 0. The van der Waals surface area contributed by atoms with E-state index in [-0.39, 0.29) is 6.61 Å². The Kier molecular flexibility index (Phi) is 4.24. The minimum atomic E-state index is -0.0558. The van der Waals surface area contributed by atoms with Crippen LogP contribution in [0.1, 0.15) is 0 Å². The second-order valence-electron chi connectivity index (χ2n) is 1.73. The van der Waals surface area contributed by atoms with Gasteiger partial charge in [-0.3, -0.25) is 4.99 Å². The van der Waals surface area contributed by atoms with Crippen molar-refractivity contribution < 1.29 is 5.11 Å². The van der Waals surface area contributed by atoms with Crippen LogP contribution in [-0.2, 0) is 0 Å². The molecule has 0 aliphatic heterocycles. The highest BCUT2D eigenvalue weighted by Gasteiger charge is 1.88. The normalized spacial score (nSPS) is 13.4. The van der Waals surface area contributed by atoms with Crippen molar-refractivity contribution >= 4 is 5.84 Å². The first-order chi connectivity index (χ1) is 4.74. The van der Waals surface area contributed by atoms with Gasteiger partial charge in [0.25, 0.3) is 0 Å². The Hall–Kier alpha value is -1.09. The van der Waals surface area contributed by atoms with Crippen LogP contribution in [0.5, 0.6) is 0 Å². The maximum absolute atomic E-state index is 8.62. The summed E-state index contributed by atoms with van der Waals surface area (Å²) in [5, 5.41) is 8.62. The lowest BCUT2D eigenvalue weighted by Gasteiger charge is -1.94. The van der Waals surface area contributed by atoms with E-state index in [4.69, 9.17) is 10.8 Å². The summed E-state index contributed by atoms with van der Waals surface area (Å²) in [5.41, 5.74) is 6.01. The van der Waals surface area contributed by atoms with Crippen molar-refractivity contribution in [1.82, 2.24) is 0 Å². The number of hydrogen-bond donors (Lipinski definition) is 2. The van der Waals surface area contributed by atoms with Crippen molar-refractivity contribution in [1.29, 1.82) is 0 Å². The molecule has 0 radical (unpaired) electrons. The van der Waals surface area contributed by atoms with Crippen LogP contribution in [0.2, 0.25) is 0 Å². The number of nitrogens with two attached hydrogens (primary N) is 1. The van der Waals surface area contributed by atoms with Crippen LogP contribution in [0.15, 0.2) is 29.3 Å². The van der Waals surface area contributed by atoms with Crippen molar-refractivity contribution in [3.63, 3.8) is 0 Å². The first kappa shape index (κ1) is 8.91. The van der Waals surface area contributed by atoms with Crippen LogP contribution in [0.4, 0.5) is 0 Å². The zero-order valence-corrected chi connectivity index (χ0v) is 6.04. The molecule has 3 nitrogen and oxygen atoms in total. The van der Waals surface area contributed by atoms with Crippen LogP contribution in [-0.4, -0.2) is 24.6 Å². The predicted molar refractivity (Wildman–Crippen MR) is 42.9 cm³/mol. The molecule has 56 valence electrons. The highest BCUT2D eigenvalue weighted by atomic mass is 16.3. The van der Waals surface area contributed by atoms with Crippen LogP contribution < -0.4 is 5.73 Å². The van der Waals surface area contributed by atoms with Gasteiger partial charge in [-0.2, -0.15) is 0 Å². The van der Waals surface area contributed by atoms with Gasteiger partial charge in [-0.15, -0.1) is 0 Å². The van der Waals surface area contributed by atoms with E-state index in [1.54, 1.807) is 13.1 Å². The summed E-state index contributed by atoms with van der Waals surface area (Å²) < 4.78 is 0. The lowest BCUT2D eigenvalue weighted by molar-refractivity contribution is 0.335. The van der Waals surface area contributed by atoms with Crippen molar-refractivity contribution in [2.24, 2.45) is 10.7 Å². The first-order valence-electron chi connectivity index (χ1n) is 2.90. The number of aliphatic imine (C=N–C) groups is 1. The molecule has 0 unspecified atom stereocenters. The summed E-state index contributed by atoms with van der Waals surface area (Å²) in [4.78, 5) is 3.68. The summed E-state index contributed by atoms with van der Waals surface area (Å²) in [5.74, 6) is 0.393. The van der Waals surface area contributed by atoms with E-state index >= 15 is 0 Å². The molecule has 0 fully saturated rings. The van der Waals surface area contributed by atoms with Crippen molar-refractivity contribution in [3.05, 3.63) is 24.3 Å². The molecule has 3 N–H and O–H groups in total. The fourth-order valence-electron chi connectivity index (χ4n) is 0.424. The van der Waals surface area contributed by atoms with E-state index < -0.39 is 0 Å². The molecule has 0 aliphatic carbocycles. The van der Waals surface area contributed by atoms with Gasteiger partial charge in [-0.05, 0) is 11.6 Å². The lowest BCUT2D eigenvalue weighted by atomic mass is 10.2. The van der Waals surface area contributed by atoms with Crippen molar-refractivity contribution in [2.75, 3.05) is 13.7 Å². The third-order valence-corrected chi connectivity index (χ3v) is 1.04. The Morgan fingerprint density at radius 2 is 2.40 bits per heavy atom. The Morgan fingerprint density at radius 3 is 2.70 bits per heavy atom. The molecule has 0 aromatic heterocycles. The highest BCUT2D eigenvalue weighted by Crippen LogP contribution is 1.91. The Balaban J connectivity index is 4.24. The van der Waals surface area contributed by atoms with Gasteiger partial charge in [0.1, 0.15) is 5.84 Å². The third kappa shape index (κ3) is 3.04. The molecule has 3 heteroatoms. The molecule has 0 rings (SSSR count). The molecule has 0 bridgehead atoms. The molecule has 0 saturated carbocycles. The van der Waals surface area contributed by atoms with E-state index in [0.717, 1.165) is 0 Å². The minimum absolute atomic E-state index is 0.0558. The molecule has 0 aromatic carbocycles. The van der Waals surface area contributed by atoms with Gasteiger partial charge in [0.05, 0.1) is 6.61 Å². The van der Waals surface area contributed by atoms with E-state index in [1.165, 1.54) is 6.08 Å². The number of aliphatic hydroxyl groups excluding tert-OH is 1. The fraction of sp³-hybridized carbons (Fsp3) is 0.286. The first-order valence-corrected chi connectivity index (χ1v) is 2.90. The van der Waals surface area contributed by atoms with E-state index in [2.05, 4.69) is 11.6 Å². The maximum atomic E-state index is 8.62. The quantitative estimate of drug-likeness (QED) is 0.331. The van der Waals surface area contributed by atoms with Gasteiger partial charge in [0.2, 0.25) is 0 Å². The van der Waals surface area contributed by atoms with Crippen LogP contribution >= 0.6 is 0 Å². The van der Waals surface area contributed by atoms with Crippen molar-refractivity contribution in [2.45, 2.75) is 0 Å². The van der Waals surface area contributed by atoms with Gasteiger partial charge in [-0.1, -0.05) is 12.7 Å². The predicted octanol–water partition coefficient (Wildman–Crippen LogP) is 0.0781. The number of rotatable bonds is 3. The van der Waals surface area contributed by atoms with Crippen molar-refractivity contribution in [3.8, 4) is 0 Å². The van der Waals surface area contributed by atoms with Gasteiger partial charge >= 0.3 is 0 Å². The second-order valence-corrected chi connectivity index (χ2v) is 1.73. The molecular formula is C7H12N2O. The fourth-order valence-corrected chi connectivity index (χ4v) is 0.424. The number of aliphatic hydroxyl groups is 1. The average Bonchev–Trinajstić information content (AvgIpc) is 1.99. The highest BCUT2D eigenvalue weighted by molar-refractivity contribution is 5.92. The van der Waals surface area contributed by atoms with Gasteiger partial charge < -0.3 is 10.8 Å². The largest absolute Gasteiger partial charge is 0.392 e. The molecule has 0 aromatic rings. The zero-order valence-electron chi connectivity index (χ0n) is 6.04. The molecular weight excluding hydrogens is 128 g/mol. The monoisotopic (exact) mass is 140 g/mol. The molecule has 0 spiro atoms. The van der Waals surface area contributed by atoms with E-state index in [0.29, 0.717) is 11.4 Å². The number of hydrogen-bond acceptors (Lipinski definition) is 2. The third-order valence-electron chi connectivity index (χ3n) is 1.04. The maximum Gasteiger partial charge on any atom is 0.118 e. The summed E-state index contributed by atoms with van der Waals surface area (Å²) in [6.07, 6.45) is 3.12. The molecule has 0 amide bonds. The van der Waals surface area contributed by atoms with Crippen LogP contribution in [0.3, 0.4) is 0 Å². The van der Waals surface area contributed by atoms with Crippen LogP contribution in [0.25, 0.3) is 0 Å². The Labute approximate surface area is 60.6 Å². The number of amidine groups is 1. The van der Waals surface area contributed by atoms with Gasteiger partial charge in [0, 0.05) is 7.05 Å². The van der Waals surface area contributed by atoms with Gasteiger partial charge in [0.15, 0.2) is 0 Å². The topological polar surface area (TPSA) is 58.6 Å². The summed E-state index contributed by atoms with van der Waals surface area (Å²) in [6.45, 7) is 3.42. The molecule has 10 heavy (non-hydrogen) atoms. The average molecular weight is 140 g/mol. The van der Waals surface area contributed by atoms with Crippen LogP contribution in [0, 0.1) is 0 Å². The second kappa shape index (κ2) is 4.76. The SMILES string of the molecule is C=C/C(=C\C(N)=N/C)CO. The summed E-state index contributed by atoms with van der Waals surface area (Å²) >= 11 is 0. The molecule has 0 saturated heterocycles. The van der Waals surface area contributed by atoms with E-state index in [9.17, 15) is 0 Å². The number of nitrogens with zero attached hydrogens (tertiary/aromatic N) is 1. The molecule has 0 aliphatic rings. The summed E-state index contributed by atoms with van der Waals surface area (Å²) in [7, 11) is 1.59. The lowest BCUT2D eigenvalue weighted by Crippen LogP contribution is -2.08. The molecule has 0 heterocycles. The standard InChI is InChI=1S/C7H12N2O/c1-3-6(5-10)4-7(8)9-2/h3-4,10H,1,5H2,2H3,(H2,8,9)/b6-4+. The zero-order chi connectivity index (χ0) is 7.98.